The molecule has 0 bridgehead atoms. The number of ether oxygens (including phenoxy) is 1. The van der Waals surface area contributed by atoms with Gasteiger partial charge in [0.2, 0.25) is 5.90 Å². The van der Waals surface area contributed by atoms with Crippen LogP contribution in [0.2, 0.25) is 0 Å². The SMILES string of the molecule is CN(C=CC(=Nc1ccccc1)Oc1ccccc1)c1ccccc1. The van der Waals surface area contributed by atoms with Crippen LogP contribution in [0.1, 0.15) is 0 Å². The monoisotopic (exact) mass is 328 g/mol. The molecule has 3 heteroatoms. The Morgan fingerprint density at radius 3 is 2.00 bits per heavy atom. The van der Waals surface area contributed by atoms with E-state index in [4.69, 9.17) is 4.74 Å². The van der Waals surface area contributed by atoms with Gasteiger partial charge in [0.15, 0.2) is 0 Å². The van der Waals surface area contributed by atoms with E-state index in [0.717, 1.165) is 17.1 Å². The van der Waals surface area contributed by atoms with Crippen LogP contribution in [0.5, 0.6) is 5.75 Å². The molecule has 0 unspecified atom stereocenters. The summed E-state index contributed by atoms with van der Waals surface area (Å²) >= 11 is 0. The summed E-state index contributed by atoms with van der Waals surface area (Å²) in [6, 6.07) is 29.6. The third-order valence-electron chi connectivity index (χ3n) is 3.57. The fourth-order valence-corrected chi connectivity index (χ4v) is 2.26. The van der Waals surface area contributed by atoms with Crippen molar-refractivity contribution >= 4 is 17.3 Å². The smallest absolute Gasteiger partial charge is 0.221 e. The number of anilines is 1. The second-order valence-corrected chi connectivity index (χ2v) is 5.46. The zero-order chi connectivity index (χ0) is 17.3. The minimum Gasteiger partial charge on any atom is -0.439 e. The summed E-state index contributed by atoms with van der Waals surface area (Å²) in [5.41, 5.74) is 1.94. The van der Waals surface area contributed by atoms with Gasteiger partial charge in [-0.2, -0.15) is 0 Å². The quantitative estimate of drug-likeness (QED) is 0.460. The van der Waals surface area contributed by atoms with Crippen molar-refractivity contribution < 1.29 is 4.74 Å². The predicted molar refractivity (Wildman–Crippen MR) is 105 cm³/mol. The van der Waals surface area contributed by atoms with E-state index in [-0.39, 0.29) is 0 Å². The van der Waals surface area contributed by atoms with Crippen molar-refractivity contribution in [3.05, 3.63) is 103 Å². The van der Waals surface area contributed by atoms with E-state index >= 15 is 0 Å². The molecule has 0 radical (unpaired) electrons. The summed E-state index contributed by atoms with van der Waals surface area (Å²) in [5, 5.41) is 0. The van der Waals surface area contributed by atoms with Crippen LogP contribution < -0.4 is 9.64 Å². The van der Waals surface area contributed by atoms with Gasteiger partial charge in [-0.1, -0.05) is 54.6 Å². The van der Waals surface area contributed by atoms with Crippen LogP contribution in [-0.2, 0) is 0 Å². The third-order valence-corrected chi connectivity index (χ3v) is 3.57. The predicted octanol–water partition coefficient (Wildman–Crippen LogP) is 5.45. The maximum Gasteiger partial charge on any atom is 0.221 e. The lowest BCUT2D eigenvalue weighted by Gasteiger charge is -2.14. The molecule has 0 saturated carbocycles. The molecule has 0 atom stereocenters. The van der Waals surface area contributed by atoms with Crippen LogP contribution >= 0.6 is 0 Å². The number of para-hydroxylation sites is 3. The Labute approximate surface area is 148 Å². The lowest BCUT2D eigenvalue weighted by atomic mass is 10.3. The average molecular weight is 328 g/mol. The van der Waals surface area contributed by atoms with E-state index < -0.39 is 0 Å². The first-order chi connectivity index (χ1) is 12.3. The molecule has 0 aliphatic carbocycles. The van der Waals surface area contributed by atoms with Gasteiger partial charge in [0.1, 0.15) is 5.75 Å². The van der Waals surface area contributed by atoms with Gasteiger partial charge in [-0.05, 0) is 36.4 Å². The minimum atomic E-state index is 0.528. The van der Waals surface area contributed by atoms with Crippen LogP contribution in [-0.4, -0.2) is 12.9 Å². The van der Waals surface area contributed by atoms with Crippen LogP contribution in [0.15, 0.2) is 108 Å². The molecule has 3 nitrogen and oxygen atoms in total. The van der Waals surface area contributed by atoms with E-state index in [1.165, 1.54) is 0 Å². The topological polar surface area (TPSA) is 24.8 Å². The first kappa shape index (κ1) is 16.5. The largest absolute Gasteiger partial charge is 0.439 e. The molecule has 3 rings (SSSR count). The summed E-state index contributed by atoms with van der Waals surface area (Å²) in [4.78, 5) is 6.62. The van der Waals surface area contributed by atoms with Crippen molar-refractivity contribution in [2.75, 3.05) is 11.9 Å². The summed E-state index contributed by atoms with van der Waals surface area (Å²) in [6.07, 6.45) is 3.81. The third kappa shape index (κ3) is 5.08. The van der Waals surface area contributed by atoms with E-state index in [1.807, 2.05) is 103 Å². The lowest BCUT2D eigenvalue weighted by molar-refractivity contribution is 0.555. The Balaban J connectivity index is 1.83. The molecule has 0 spiro atoms. The standard InChI is InChI=1S/C22H20N2O/c1-24(20-13-7-3-8-14-20)18-17-22(23-19-11-5-2-6-12-19)25-21-15-9-4-10-16-21/h2-18H,1H3. The van der Waals surface area contributed by atoms with Crippen molar-refractivity contribution in [2.24, 2.45) is 4.99 Å². The molecular weight excluding hydrogens is 308 g/mol. The Bertz CT molecular complexity index is 828. The normalized spacial score (nSPS) is 11.5. The molecule has 0 fully saturated rings. The van der Waals surface area contributed by atoms with Gasteiger partial charge in [0.25, 0.3) is 0 Å². The minimum absolute atomic E-state index is 0.528. The van der Waals surface area contributed by atoms with E-state index in [1.54, 1.807) is 0 Å². The second-order valence-electron chi connectivity index (χ2n) is 5.46. The maximum absolute atomic E-state index is 5.94. The molecule has 0 N–H and O–H groups in total. The number of hydrogen-bond donors (Lipinski definition) is 0. The van der Waals surface area contributed by atoms with Crippen molar-refractivity contribution in [3.63, 3.8) is 0 Å². The lowest BCUT2D eigenvalue weighted by Crippen LogP contribution is -2.11. The van der Waals surface area contributed by atoms with Crippen molar-refractivity contribution in [2.45, 2.75) is 0 Å². The molecular formula is C22H20N2O. The molecule has 0 amide bonds. The average Bonchev–Trinajstić information content (AvgIpc) is 2.68. The van der Waals surface area contributed by atoms with Crippen molar-refractivity contribution in [1.82, 2.24) is 0 Å². The molecule has 3 aromatic rings. The number of nitrogens with zero attached hydrogens (tertiary/aromatic N) is 2. The fourth-order valence-electron chi connectivity index (χ4n) is 2.26. The highest BCUT2D eigenvalue weighted by molar-refractivity contribution is 5.91. The van der Waals surface area contributed by atoms with Crippen LogP contribution in [0, 0.1) is 0 Å². The number of benzene rings is 3. The molecule has 0 aliphatic heterocycles. The highest BCUT2D eigenvalue weighted by Gasteiger charge is 2.01. The number of rotatable bonds is 5. The molecule has 0 aromatic heterocycles. The fraction of sp³-hybridized carbons (Fsp3) is 0.0455. The van der Waals surface area contributed by atoms with Gasteiger partial charge >= 0.3 is 0 Å². The van der Waals surface area contributed by atoms with Gasteiger partial charge in [-0.3, -0.25) is 0 Å². The summed E-state index contributed by atoms with van der Waals surface area (Å²) in [7, 11) is 1.99. The molecule has 25 heavy (non-hydrogen) atoms. The van der Waals surface area contributed by atoms with Crippen molar-refractivity contribution in [3.8, 4) is 5.75 Å². The van der Waals surface area contributed by atoms with Crippen LogP contribution in [0.25, 0.3) is 0 Å². The zero-order valence-corrected chi connectivity index (χ0v) is 14.1. The summed E-state index contributed by atoms with van der Waals surface area (Å²) in [5.74, 6) is 1.28. The molecule has 124 valence electrons. The zero-order valence-electron chi connectivity index (χ0n) is 14.1. The Morgan fingerprint density at radius 2 is 1.36 bits per heavy atom. The Hall–Kier alpha value is -3.33. The van der Waals surface area contributed by atoms with E-state index in [2.05, 4.69) is 17.1 Å². The van der Waals surface area contributed by atoms with Gasteiger partial charge in [-0.25, -0.2) is 4.99 Å². The molecule has 0 heterocycles. The number of aliphatic imine (C=N–C) groups is 1. The second kappa shape index (κ2) is 8.50. The van der Waals surface area contributed by atoms with Crippen LogP contribution in [0.4, 0.5) is 11.4 Å². The first-order valence-corrected chi connectivity index (χ1v) is 8.14. The maximum atomic E-state index is 5.94. The Kier molecular flexibility index (Phi) is 5.62. The van der Waals surface area contributed by atoms with Gasteiger partial charge in [0.05, 0.1) is 5.69 Å². The summed E-state index contributed by atoms with van der Waals surface area (Å²) in [6.45, 7) is 0. The molecule has 0 saturated heterocycles. The summed E-state index contributed by atoms with van der Waals surface area (Å²) < 4.78 is 5.94. The van der Waals surface area contributed by atoms with Crippen LogP contribution in [0.3, 0.4) is 0 Å². The van der Waals surface area contributed by atoms with Gasteiger partial charge < -0.3 is 9.64 Å². The van der Waals surface area contributed by atoms with E-state index in [9.17, 15) is 0 Å². The van der Waals surface area contributed by atoms with Gasteiger partial charge in [0, 0.05) is 25.0 Å². The molecule has 3 aromatic carbocycles. The highest BCUT2D eigenvalue weighted by atomic mass is 16.5. The van der Waals surface area contributed by atoms with Crippen molar-refractivity contribution in [1.29, 1.82) is 0 Å². The Morgan fingerprint density at radius 1 is 0.800 bits per heavy atom. The van der Waals surface area contributed by atoms with Gasteiger partial charge in [-0.15, -0.1) is 0 Å². The first-order valence-electron chi connectivity index (χ1n) is 8.14. The van der Waals surface area contributed by atoms with E-state index in [0.29, 0.717) is 5.90 Å². The molecule has 0 aliphatic rings. The number of hydrogen-bond acceptors (Lipinski definition) is 3. The highest BCUT2D eigenvalue weighted by Crippen LogP contribution is 2.15.